The van der Waals surface area contributed by atoms with Gasteiger partial charge >= 0.3 is 5.97 Å². The molecular formula is C18H26N2O6S. The average molecular weight is 398 g/mol. The summed E-state index contributed by atoms with van der Waals surface area (Å²) in [4.78, 5) is 23.6. The summed E-state index contributed by atoms with van der Waals surface area (Å²) in [5, 5.41) is 2.61. The highest BCUT2D eigenvalue weighted by Crippen LogP contribution is 2.23. The Kier molecular flexibility index (Phi) is 7.76. The molecule has 150 valence electrons. The predicted octanol–water partition coefficient (Wildman–Crippen LogP) is 1.69. The first-order chi connectivity index (χ1) is 12.8. The van der Waals surface area contributed by atoms with Crippen LogP contribution in [0.1, 0.15) is 31.7 Å². The van der Waals surface area contributed by atoms with Crippen LogP contribution in [-0.2, 0) is 29.1 Å². The van der Waals surface area contributed by atoms with Gasteiger partial charge in [0.15, 0.2) is 6.61 Å². The van der Waals surface area contributed by atoms with Crippen LogP contribution >= 0.6 is 0 Å². The SMILES string of the molecule is CCCCC(=O)OCC(=O)Nc1cc(S(=O)(=O)N2CCOCC2)ccc1C. The molecule has 0 aromatic heterocycles. The molecule has 0 aliphatic carbocycles. The first-order valence-electron chi connectivity index (χ1n) is 8.98. The van der Waals surface area contributed by atoms with Crippen LogP contribution in [0.3, 0.4) is 0 Å². The van der Waals surface area contributed by atoms with Gasteiger partial charge in [0, 0.05) is 25.2 Å². The van der Waals surface area contributed by atoms with E-state index < -0.39 is 28.5 Å². The highest BCUT2D eigenvalue weighted by atomic mass is 32.2. The second-order valence-corrected chi connectivity index (χ2v) is 8.24. The number of sulfonamides is 1. The Hall–Kier alpha value is -1.97. The summed E-state index contributed by atoms with van der Waals surface area (Å²) < 4.78 is 37.0. The van der Waals surface area contributed by atoms with Gasteiger partial charge in [-0.2, -0.15) is 4.31 Å². The number of hydrogen-bond acceptors (Lipinski definition) is 6. The summed E-state index contributed by atoms with van der Waals surface area (Å²) in [7, 11) is -3.66. The zero-order chi connectivity index (χ0) is 19.9. The standard InChI is InChI=1S/C18H26N2O6S/c1-3-4-5-18(22)26-13-17(21)19-16-12-15(7-6-14(16)2)27(23,24)20-8-10-25-11-9-20/h6-7,12H,3-5,8-11,13H2,1-2H3,(H,19,21). The highest BCUT2D eigenvalue weighted by molar-refractivity contribution is 7.89. The molecule has 1 N–H and O–H groups in total. The summed E-state index contributed by atoms with van der Waals surface area (Å²) in [6.45, 7) is 4.63. The Labute approximate surface area is 159 Å². The fourth-order valence-electron chi connectivity index (χ4n) is 2.56. The Bertz CT molecular complexity index is 772. The van der Waals surface area contributed by atoms with E-state index in [9.17, 15) is 18.0 Å². The molecular weight excluding hydrogens is 372 g/mol. The maximum absolute atomic E-state index is 12.7. The van der Waals surface area contributed by atoms with Gasteiger partial charge in [0.25, 0.3) is 5.91 Å². The van der Waals surface area contributed by atoms with E-state index >= 15 is 0 Å². The molecule has 1 amide bonds. The largest absolute Gasteiger partial charge is 0.456 e. The van der Waals surface area contributed by atoms with Crippen molar-refractivity contribution in [2.45, 2.75) is 38.0 Å². The summed E-state index contributed by atoms with van der Waals surface area (Å²) >= 11 is 0. The molecule has 27 heavy (non-hydrogen) atoms. The minimum Gasteiger partial charge on any atom is -0.456 e. The third kappa shape index (κ3) is 6.02. The lowest BCUT2D eigenvalue weighted by Crippen LogP contribution is -2.40. The Balaban J connectivity index is 2.04. The second kappa shape index (κ2) is 9.82. The maximum Gasteiger partial charge on any atom is 0.306 e. The number of ether oxygens (including phenoxy) is 2. The molecule has 0 unspecified atom stereocenters. The first-order valence-corrected chi connectivity index (χ1v) is 10.4. The van der Waals surface area contributed by atoms with Gasteiger partial charge in [-0.1, -0.05) is 19.4 Å². The van der Waals surface area contributed by atoms with Crippen LogP contribution in [0, 0.1) is 6.92 Å². The van der Waals surface area contributed by atoms with Crippen molar-refractivity contribution in [2.75, 3.05) is 38.2 Å². The number of anilines is 1. The van der Waals surface area contributed by atoms with Crippen LogP contribution in [0.25, 0.3) is 0 Å². The van der Waals surface area contributed by atoms with Crippen molar-refractivity contribution in [1.82, 2.24) is 4.31 Å². The molecule has 1 saturated heterocycles. The molecule has 1 aromatic carbocycles. The molecule has 1 fully saturated rings. The summed E-state index contributed by atoms with van der Waals surface area (Å²) in [5.41, 5.74) is 1.08. The van der Waals surface area contributed by atoms with E-state index in [1.165, 1.54) is 16.4 Å². The van der Waals surface area contributed by atoms with Crippen LogP contribution in [0.2, 0.25) is 0 Å². The fraction of sp³-hybridized carbons (Fsp3) is 0.556. The van der Waals surface area contributed by atoms with Crippen molar-refractivity contribution in [3.8, 4) is 0 Å². The molecule has 0 saturated carbocycles. The maximum atomic E-state index is 12.7. The van der Waals surface area contributed by atoms with Gasteiger partial charge in [-0.25, -0.2) is 8.42 Å². The molecule has 1 aliphatic rings. The third-order valence-corrected chi connectivity index (χ3v) is 6.08. The fourth-order valence-corrected chi connectivity index (χ4v) is 3.99. The summed E-state index contributed by atoms with van der Waals surface area (Å²) in [6, 6.07) is 4.58. The smallest absolute Gasteiger partial charge is 0.306 e. The molecule has 1 heterocycles. The number of benzene rings is 1. The zero-order valence-electron chi connectivity index (χ0n) is 15.7. The molecule has 9 heteroatoms. The average Bonchev–Trinajstić information content (AvgIpc) is 2.67. The number of nitrogens with one attached hydrogen (secondary N) is 1. The minimum atomic E-state index is -3.66. The molecule has 1 aromatic rings. The number of unbranched alkanes of at least 4 members (excludes halogenated alkanes) is 1. The number of morpholine rings is 1. The van der Waals surface area contributed by atoms with E-state index in [0.717, 1.165) is 6.42 Å². The third-order valence-electron chi connectivity index (χ3n) is 4.19. The summed E-state index contributed by atoms with van der Waals surface area (Å²) in [5.74, 6) is -0.934. The number of carbonyl (C=O) groups is 2. The van der Waals surface area contributed by atoms with Crippen LogP contribution < -0.4 is 5.32 Å². The van der Waals surface area contributed by atoms with Crippen molar-refractivity contribution in [1.29, 1.82) is 0 Å². The van der Waals surface area contributed by atoms with Crippen LogP contribution in [0.15, 0.2) is 23.1 Å². The number of nitrogens with zero attached hydrogens (tertiary/aromatic N) is 1. The van der Waals surface area contributed by atoms with E-state index in [4.69, 9.17) is 9.47 Å². The molecule has 2 rings (SSSR count). The summed E-state index contributed by atoms with van der Waals surface area (Å²) in [6.07, 6.45) is 1.85. The quantitative estimate of drug-likeness (QED) is 0.669. The first kappa shape index (κ1) is 21.3. The lowest BCUT2D eigenvalue weighted by Gasteiger charge is -2.26. The zero-order valence-corrected chi connectivity index (χ0v) is 16.5. The van der Waals surface area contributed by atoms with Gasteiger partial charge in [-0.15, -0.1) is 0 Å². The Morgan fingerprint density at radius 2 is 1.96 bits per heavy atom. The van der Waals surface area contributed by atoms with Crippen molar-refractivity contribution >= 4 is 27.6 Å². The van der Waals surface area contributed by atoms with E-state index in [-0.39, 0.29) is 11.3 Å². The lowest BCUT2D eigenvalue weighted by molar-refractivity contribution is -0.147. The topological polar surface area (TPSA) is 102 Å². The number of amides is 1. The van der Waals surface area contributed by atoms with Crippen molar-refractivity contribution in [2.24, 2.45) is 0 Å². The molecule has 0 bridgehead atoms. The Morgan fingerprint density at radius 1 is 1.26 bits per heavy atom. The molecule has 0 spiro atoms. The van der Waals surface area contributed by atoms with Gasteiger partial charge in [0.1, 0.15) is 0 Å². The Morgan fingerprint density at radius 3 is 2.63 bits per heavy atom. The number of hydrogen-bond donors (Lipinski definition) is 1. The van der Waals surface area contributed by atoms with Crippen LogP contribution in [-0.4, -0.2) is 57.5 Å². The minimum absolute atomic E-state index is 0.102. The van der Waals surface area contributed by atoms with Gasteiger partial charge in [-0.3, -0.25) is 9.59 Å². The number of rotatable bonds is 8. The molecule has 1 aliphatic heterocycles. The van der Waals surface area contributed by atoms with E-state index in [1.807, 2.05) is 6.92 Å². The normalized spacial score (nSPS) is 15.3. The van der Waals surface area contributed by atoms with E-state index in [1.54, 1.807) is 13.0 Å². The van der Waals surface area contributed by atoms with Gasteiger partial charge < -0.3 is 14.8 Å². The van der Waals surface area contributed by atoms with E-state index in [2.05, 4.69) is 5.32 Å². The monoisotopic (exact) mass is 398 g/mol. The lowest BCUT2D eigenvalue weighted by atomic mass is 10.2. The van der Waals surface area contributed by atoms with Gasteiger partial charge in [0.05, 0.1) is 18.1 Å². The molecule has 0 radical (unpaired) electrons. The number of aryl methyl sites for hydroxylation is 1. The van der Waals surface area contributed by atoms with Crippen LogP contribution in [0.5, 0.6) is 0 Å². The van der Waals surface area contributed by atoms with Crippen molar-refractivity contribution in [3.05, 3.63) is 23.8 Å². The second-order valence-electron chi connectivity index (χ2n) is 6.31. The molecule has 8 nitrogen and oxygen atoms in total. The van der Waals surface area contributed by atoms with Crippen molar-refractivity contribution < 1.29 is 27.5 Å². The number of esters is 1. The molecule has 0 atom stereocenters. The number of carbonyl (C=O) groups excluding carboxylic acids is 2. The highest BCUT2D eigenvalue weighted by Gasteiger charge is 2.26. The van der Waals surface area contributed by atoms with Crippen molar-refractivity contribution in [3.63, 3.8) is 0 Å². The van der Waals surface area contributed by atoms with Gasteiger partial charge in [-0.05, 0) is 31.0 Å². The van der Waals surface area contributed by atoms with E-state index in [0.29, 0.717) is 44.0 Å². The predicted molar refractivity (Wildman–Crippen MR) is 99.9 cm³/mol. The van der Waals surface area contributed by atoms with Gasteiger partial charge in [0.2, 0.25) is 10.0 Å². The van der Waals surface area contributed by atoms with Crippen LogP contribution in [0.4, 0.5) is 5.69 Å².